The van der Waals surface area contributed by atoms with Crippen LogP contribution in [0, 0.1) is 0 Å². The van der Waals surface area contributed by atoms with Gasteiger partial charge in [0.1, 0.15) is 5.69 Å². The molecule has 0 aliphatic rings. The zero-order valence-corrected chi connectivity index (χ0v) is 13.5. The molecule has 0 unspecified atom stereocenters. The highest BCUT2D eigenvalue weighted by Gasteiger charge is 2.24. The van der Waals surface area contributed by atoms with Gasteiger partial charge in [0.25, 0.3) is 5.91 Å². The number of benzene rings is 1. The Kier molecular flexibility index (Phi) is 4.37. The number of nitrogens with one attached hydrogen (secondary N) is 2. The number of H-pyrrole nitrogens is 1. The van der Waals surface area contributed by atoms with E-state index >= 15 is 0 Å². The van der Waals surface area contributed by atoms with Gasteiger partial charge in [-0.2, -0.15) is 0 Å². The molecule has 0 radical (unpaired) electrons. The topological polar surface area (TPSA) is 82.2 Å². The molecule has 2 rings (SSSR count). The lowest BCUT2D eigenvalue weighted by Crippen LogP contribution is -2.44. The van der Waals surface area contributed by atoms with E-state index in [1.807, 2.05) is 38.1 Å². The molecular formula is C15H17BrN2O3. The van der Waals surface area contributed by atoms with Crippen molar-refractivity contribution in [2.24, 2.45) is 0 Å². The third kappa shape index (κ3) is 3.64. The van der Waals surface area contributed by atoms with Crippen molar-refractivity contribution >= 4 is 38.7 Å². The molecule has 0 spiro atoms. The average Bonchev–Trinajstić information content (AvgIpc) is 2.74. The second kappa shape index (κ2) is 5.89. The maximum absolute atomic E-state index is 12.4. The lowest BCUT2D eigenvalue weighted by molar-refractivity contribution is -0.137. The van der Waals surface area contributed by atoms with Gasteiger partial charge < -0.3 is 15.4 Å². The van der Waals surface area contributed by atoms with Crippen molar-refractivity contribution in [1.29, 1.82) is 0 Å². The van der Waals surface area contributed by atoms with Crippen LogP contribution in [0.5, 0.6) is 0 Å². The molecule has 0 atom stereocenters. The number of carboxylic acid groups (broad SMARTS) is 1. The standard InChI is InChI=1S/C15H17BrN2O3/c1-15(2,8-7-11(19)20)18-14(21)13-12(16)9-5-3-4-6-10(9)17-13/h3-6,17H,7-8H2,1-2H3,(H,18,21)(H,19,20). The lowest BCUT2D eigenvalue weighted by atomic mass is 9.98. The molecule has 6 heteroatoms. The minimum absolute atomic E-state index is 0.0150. The van der Waals surface area contributed by atoms with Crippen LogP contribution in [0.4, 0.5) is 0 Å². The van der Waals surface area contributed by atoms with Crippen LogP contribution in [0.15, 0.2) is 28.7 Å². The summed E-state index contributed by atoms with van der Waals surface area (Å²) in [6.07, 6.45) is 0.382. The molecule has 1 heterocycles. The third-order valence-corrected chi connectivity index (χ3v) is 4.11. The first-order valence-corrected chi connectivity index (χ1v) is 7.40. The van der Waals surface area contributed by atoms with E-state index in [1.165, 1.54) is 0 Å². The molecule has 5 nitrogen and oxygen atoms in total. The normalized spacial score (nSPS) is 11.6. The van der Waals surface area contributed by atoms with Crippen molar-refractivity contribution < 1.29 is 14.7 Å². The quantitative estimate of drug-likeness (QED) is 0.771. The lowest BCUT2D eigenvalue weighted by Gasteiger charge is -2.25. The van der Waals surface area contributed by atoms with Crippen LogP contribution in [0.25, 0.3) is 10.9 Å². The summed E-state index contributed by atoms with van der Waals surface area (Å²) < 4.78 is 0.713. The van der Waals surface area contributed by atoms with E-state index in [4.69, 9.17) is 5.11 Å². The van der Waals surface area contributed by atoms with Crippen molar-refractivity contribution in [3.8, 4) is 0 Å². The minimum Gasteiger partial charge on any atom is -0.481 e. The Labute approximate surface area is 130 Å². The maximum Gasteiger partial charge on any atom is 0.303 e. The molecule has 0 aliphatic carbocycles. The van der Waals surface area contributed by atoms with Gasteiger partial charge in [-0.1, -0.05) is 18.2 Å². The largest absolute Gasteiger partial charge is 0.481 e. The zero-order valence-electron chi connectivity index (χ0n) is 11.9. The summed E-state index contributed by atoms with van der Waals surface area (Å²) in [6, 6.07) is 7.61. The SMILES string of the molecule is CC(C)(CCC(=O)O)NC(=O)c1[nH]c2ccccc2c1Br. The van der Waals surface area contributed by atoms with Crippen LogP contribution >= 0.6 is 15.9 Å². The number of hydrogen-bond acceptors (Lipinski definition) is 2. The van der Waals surface area contributed by atoms with E-state index in [1.54, 1.807) is 0 Å². The molecule has 0 fully saturated rings. The fourth-order valence-corrected chi connectivity index (χ4v) is 2.74. The molecule has 0 saturated heterocycles. The highest BCUT2D eigenvalue weighted by Crippen LogP contribution is 2.28. The second-order valence-corrected chi connectivity index (χ2v) is 6.38. The van der Waals surface area contributed by atoms with Gasteiger partial charge in [-0.05, 0) is 42.3 Å². The smallest absolute Gasteiger partial charge is 0.303 e. The van der Waals surface area contributed by atoms with E-state index in [0.29, 0.717) is 16.6 Å². The van der Waals surface area contributed by atoms with Crippen molar-refractivity contribution in [3.05, 3.63) is 34.4 Å². The molecule has 112 valence electrons. The molecule has 0 saturated carbocycles. The van der Waals surface area contributed by atoms with Gasteiger partial charge in [0.2, 0.25) is 0 Å². The molecule has 1 aromatic heterocycles. The van der Waals surface area contributed by atoms with Crippen LogP contribution < -0.4 is 5.32 Å². The fraction of sp³-hybridized carbons (Fsp3) is 0.333. The van der Waals surface area contributed by atoms with E-state index in [-0.39, 0.29) is 12.3 Å². The van der Waals surface area contributed by atoms with Crippen LogP contribution in [0.3, 0.4) is 0 Å². The number of aliphatic carboxylic acids is 1. The number of carboxylic acids is 1. The zero-order chi connectivity index (χ0) is 15.6. The number of carbonyl (C=O) groups is 2. The fourth-order valence-electron chi connectivity index (χ4n) is 2.12. The van der Waals surface area contributed by atoms with Crippen LogP contribution in [0.1, 0.15) is 37.2 Å². The van der Waals surface area contributed by atoms with Gasteiger partial charge in [0.05, 0.1) is 4.47 Å². The summed E-state index contributed by atoms with van der Waals surface area (Å²) in [7, 11) is 0. The number of halogens is 1. The van der Waals surface area contributed by atoms with Crippen molar-refractivity contribution in [2.75, 3.05) is 0 Å². The first-order valence-electron chi connectivity index (χ1n) is 6.61. The number of carbonyl (C=O) groups excluding carboxylic acids is 1. The number of para-hydroxylation sites is 1. The summed E-state index contributed by atoms with van der Waals surface area (Å²) >= 11 is 3.44. The van der Waals surface area contributed by atoms with Gasteiger partial charge in [0, 0.05) is 22.9 Å². The molecule has 1 amide bonds. The second-order valence-electron chi connectivity index (χ2n) is 5.59. The predicted molar refractivity (Wildman–Crippen MR) is 84.4 cm³/mol. The Hall–Kier alpha value is -1.82. The molecule has 3 N–H and O–H groups in total. The van der Waals surface area contributed by atoms with E-state index in [0.717, 1.165) is 10.9 Å². The molecule has 1 aromatic carbocycles. The number of aromatic amines is 1. The number of rotatable bonds is 5. The van der Waals surface area contributed by atoms with Crippen molar-refractivity contribution in [3.63, 3.8) is 0 Å². The minimum atomic E-state index is -0.871. The first kappa shape index (κ1) is 15.6. The predicted octanol–water partition coefficient (Wildman–Crippen LogP) is 3.30. The highest BCUT2D eigenvalue weighted by atomic mass is 79.9. The molecular weight excluding hydrogens is 336 g/mol. The molecule has 21 heavy (non-hydrogen) atoms. The molecule has 0 aliphatic heterocycles. The summed E-state index contributed by atoms with van der Waals surface area (Å²) in [5.74, 6) is -1.13. The number of amides is 1. The highest BCUT2D eigenvalue weighted by molar-refractivity contribution is 9.10. The van der Waals surface area contributed by atoms with Crippen LogP contribution in [-0.4, -0.2) is 27.5 Å². The Morgan fingerprint density at radius 1 is 1.33 bits per heavy atom. The Bertz CT molecular complexity index is 691. The molecule has 2 aromatic rings. The van der Waals surface area contributed by atoms with Gasteiger partial charge in [0.15, 0.2) is 0 Å². The Morgan fingerprint density at radius 3 is 2.62 bits per heavy atom. The third-order valence-electron chi connectivity index (χ3n) is 3.29. The van der Waals surface area contributed by atoms with Gasteiger partial charge in [-0.15, -0.1) is 0 Å². The summed E-state index contributed by atoms with van der Waals surface area (Å²) in [5, 5.41) is 12.5. The Balaban J connectivity index is 2.18. The number of hydrogen-bond donors (Lipinski definition) is 3. The number of fused-ring (bicyclic) bond motifs is 1. The number of aromatic nitrogens is 1. The average molecular weight is 353 g/mol. The summed E-state index contributed by atoms with van der Waals surface area (Å²) in [5.41, 5.74) is 0.726. The van der Waals surface area contributed by atoms with Gasteiger partial charge in [-0.25, -0.2) is 0 Å². The first-order chi connectivity index (χ1) is 9.80. The summed E-state index contributed by atoms with van der Waals surface area (Å²) in [4.78, 5) is 26.1. The monoisotopic (exact) mass is 352 g/mol. The van der Waals surface area contributed by atoms with E-state index < -0.39 is 11.5 Å². The van der Waals surface area contributed by atoms with Crippen molar-refractivity contribution in [2.45, 2.75) is 32.2 Å². The van der Waals surface area contributed by atoms with E-state index in [2.05, 4.69) is 26.2 Å². The van der Waals surface area contributed by atoms with Crippen molar-refractivity contribution in [1.82, 2.24) is 10.3 Å². The molecule has 0 bridgehead atoms. The summed E-state index contributed by atoms with van der Waals surface area (Å²) in [6.45, 7) is 3.62. The van der Waals surface area contributed by atoms with E-state index in [9.17, 15) is 9.59 Å². The van der Waals surface area contributed by atoms with Gasteiger partial charge in [-0.3, -0.25) is 9.59 Å². The van der Waals surface area contributed by atoms with Gasteiger partial charge >= 0.3 is 5.97 Å². The maximum atomic E-state index is 12.4. The van der Waals surface area contributed by atoms with Crippen LogP contribution in [0.2, 0.25) is 0 Å². The van der Waals surface area contributed by atoms with Crippen LogP contribution in [-0.2, 0) is 4.79 Å². The Morgan fingerprint density at radius 2 is 2.00 bits per heavy atom.